The van der Waals surface area contributed by atoms with E-state index in [9.17, 15) is 4.79 Å². The summed E-state index contributed by atoms with van der Waals surface area (Å²) < 4.78 is 0. The van der Waals surface area contributed by atoms with Crippen LogP contribution >= 0.6 is 12.6 Å². The average Bonchev–Trinajstić information content (AvgIpc) is 2.58. The smallest absolute Gasteiger partial charge is 0.160 e. The predicted octanol–water partition coefficient (Wildman–Crippen LogP) is 3.09. The number of benzene rings is 1. The molecule has 5 nitrogen and oxygen atoms in total. The Labute approximate surface area is 140 Å². The molecule has 1 unspecified atom stereocenters. The number of hydrazone groups is 1. The number of aliphatic imine (C=N–C) groups is 1. The normalized spacial score (nSPS) is 19.1. The highest BCUT2D eigenvalue weighted by molar-refractivity contribution is 7.84. The summed E-state index contributed by atoms with van der Waals surface area (Å²) in [4.78, 5) is 22.8. The van der Waals surface area contributed by atoms with E-state index in [1.54, 1.807) is 12.3 Å². The first-order chi connectivity index (χ1) is 11.1. The molecule has 1 atom stereocenters. The molecule has 1 aromatic rings. The molecule has 0 saturated heterocycles. The fourth-order valence-corrected chi connectivity index (χ4v) is 2.80. The minimum absolute atomic E-state index is 0.0240. The summed E-state index contributed by atoms with van der Waals surface area (Å²) in [5.41, 5.74) is 2.80. The van der Waals surface area contributed by atoms with Gasteiger partial charge in [-0.2, -0.15) is 5.10 Å². The summed E-state index contributed by atoms with van der Waals surface area (Å²) >= 11 is 4.41. The van der Waals surface area contributed by atoms with Crippen LogP contribution in [0.15, 0.2) is 62.6 Å². The van der Waals surface area contributed by atoms with Crippen molar-refractivity contribution >= 4 is 31.0 Å². The molecule has 0 fully saturated rings. The van der Waals surface area contributed by atoms with Crippen LogP contribution in [0.3, 0.4) is 0 Å². The monoisotopic (exact) mass is 327 g/mol. The number of hydrogen-bond acceptors (Lipinski definition) is 6. The van der Waals surface area contributed by atoms with E-state index in [2.05, 4.69) is 22.7 Å². The molecule has 1 heterocycles. The fraction of sp³-hybridized carbons (Fsp3) is 0.235. The Morgan fingerprint density at radius 1 is 1.30 bits per heavy atom. The van der Waals surface area contributed by atoms with Gasteiger partial charge in [0.1, 0.15) is 12.4 Å². The molecule has 3 rings (SSSR count). The van der Waals surface area contributed by atoms with Crippen molar-refractivity contribution in [3.05, 3.63) is 58.0 Å². The third kappa shape index (κ3) is 3.60. The van der Waals surface area contributed by atoms with Crippen molar-refractivity contribution in [2.45, 2.75) is 19.4 Å². The van der Waals surface area contributed by atoms with Gasteiger partial charge in [-0.3, -0.25) is 9.79 Å². The van der Waals surface area contributed by atoms with E-state index in [0.29, 0.717) is 17.9 Å². The van der Waals surface area contributed by atoms with Gasteiger partial charge in [0, 0.05) is 17.5 Å². The topological polar surface area (TPSA) is 54.3 Å². The Balaban J connectivity index is 1.98. The second-order valence-electron chi connectivity index (χ2n) is 5.30. The predicted molar refractivity (Wildman–Crippen MR) is 93.4 cm³/mol. The molecular weight excluding hydrogens is 310 g/mol. The molecule has 0 radical (unpaired) electrons. The third-order valence-electron chi connectivity index (χ3n) is 3.72. The summed E-state index contributed by atoms with van der Waals surface area (Å²) in [5.74, 6) is 0.0240. The zero-order chi connectivity index (χ0) is 16.2. The van der Waals surface area contributed by atoms with Crippen molar-refractivity contribution in [1.82, 2.24) is 5.17 Å². The van der Waals surface area contributed by atoms with E-state index in [1.165, 1.54) is 11.5 Å². The lowest BCUT2D eigenvalue weighted by Gasteiger charge is -2.28. The molecule has 2 aliphatic rings. The van der Waals surface area contributed by atoms with Gasteiger partial charge in [0.05, 0.1) is 6.54 Å². The average molecular weight is 327 g/mol. The van der Waals surface area contributed by atoms with E-state index < -0.39 is 6.10 Å². The van der Waals surface area contributed by atoms with Crippen molar-refractivity contribution in [3.8, 4) is 0 Å². The highest BCUT2D eigenvalue weighted by Gasteiger charge is 2.27. The van der Waals surface area contributed by atoms with Crippen molar-refractivity contribution in [2.24, 2.45) is 10.1 Å². The summed E-state index contributed by atoms with van der Waals surface area (Å²) in [7, 11) is 0. The molecule has 0 bridgehead atoms. The van der Waals surface area contributed by atoms with Crippen molar-refractivity contribution in [3.63, 3.8) is 0 Å². The van der Waals surface area contributed by atoms with E-state index in [1.807, 2.05) is 37.3 Å². The molecule has 0 amide bonds. The minimum atomic E-state index is -0.419. The second kappa shape index (κ2) is 6.93. The van der Waals surface area contributed by atoms with Gasteiger partial charge < -0.3 is 0 Å². The van der Waals surface area contributed by atoms with Crippen LogP contribution in [0.4, 0.5) is 0 Å². The molecule has 0 aromatic heterocycles. The Bertz CT molecular complexity index is 711. The van der Waals surface area contributed by atoms with Crippen LogP contribution in [-0.4, -0.2) is 30.1 Å². The first-order valence-electron chi connectivity index (χ1n) is 7.32. The van der Waals surface area contributed by atoms with Gasteiger partial charge in [-0.05, 0) is 29.7 Å². The first-order valence-corrected chi connectivity index (χ1v) is 7.76. The molecule has 1 aliphatic heterocycles. The number of hydrogen-bond donors (Lipinski definition) is 1. The molecule has 1 aliphatic carbocycles. The zero-order valence-corrected chi connectivity index (χ0v) is 13.6. The van der Waals surface area contributed by atoms with Gasteiger partial charge in [0.25, 0.3) is 0 Å². The van der Waals surface area contributed by atoms with Crippen LogP contribution in [0.1, 0.15) is 25.0 Å². The summed E-state index contributed by atoms with van der Waals surface area (Å²) in [6.45, 7) is 2.49. The van der Waals surface area contributed by atoms with Crippen molar-refractivity contribution < 1.29 is 9.63 Å². The number of ketones is 1. The number of carbonyl (C=O) groups excluding carboxylic acids is 1. The zero-order valence-electron chi connectivity index (χ0n) is 12.7. The maximum Gasteiger partial charge on any atom is 0.160 e. The highest BCUT2D eigenvalue weighted by Crippen LogP contribution is 2.37. The summed E-state index contributed by atoms with van der Waals surface area (Å²) in [5, 5.41) is 5.48. The number of allylic oxidation sites excluding steroid dienone is 2. The number of carbonyl (C=O) groups is 1. The Morgan fingerprint density at radius 3 is 2.78 bits per heavy atom. The van der Waals surface area contributed by atoms with Gasteiger partial charge in [-0.1, -0.05) is 30.3 Å². The van der Waals surface area contributed by atoms with Crippen molar-refractivity contribution in [1.29, 1.82) is 0 Å². The molecule has 23 heavy (non-hydrogen) atoms. The number of hydroxylamine groups is 1. The van der Waals surface area contributed by atoms with Gasteiger partial charge in [-0.25, -0.2) is 4.84 Å². The van der Waals surface area contributed by atoms with Crippen LogP contribution in [0.2, 0.25) is 0 Å². The van der Waals surface area contributed by atoms with Crippen LogP contribution in [0.5, 0.6) is 0 Å². The van der Waals surface area contributed by atoms with Gasteiger partial charge in [-0.15, -0.1) is 17.8 Å². The largest absolute Gasteiger partial charge is 0.294 e. The Kier molecular flexibility index (Phi) is 4.73. The molecule has 0 spiro atoms. The van der Waals surface area contributed by atoms with Crippen molar-refractivity contribution in [2.75, 3.05) is 6.54 Å². The fourth-order valence-electron chi connectivity index (χ4n) is 2.51. The quantitative estimate of drug-likeness (QED) is 0.865. The minimum Gasteiger partial charge on any atom is -0.294 e. The van der Waals surface area contributed by atoms with Crippen LogP contribution in [0, 0.1) is 0 Å². The SMILES string of the molecule is CC1=C(C(ON2C=NCC=N2)c2ccccc2)CC(=O)C=C1S. The number of thiol groups is 1. The molecule has 0 N–H and O–H groups in total. The molecule has 118 valence electrons. The molecular formula is C17H17N3O2S. The first kappa shape index (κ1) is 15.7. The van der Waals surface area contributed by atoms with E-state index >= 15 is 0 Å². The third-order valence-corrected chi connectivity index (χ3v) is 4.19. The summed E-state index contributed by atoms with van der Waals surface area (Å²) in [6, 6.07) is 9.76. The lowest BCUT2D eigenvalue weighted by Crippen LogP contribution is -2.25. The lowest BCUT2D eigenvalue weighted by atomic mass is 9.90. The number of nitrogens with zero attached hydrogens (tertiary/aromatic N) is 3. The van der Waals surface area contributed by atoms with Gasteiger partial charge in [0.15, 0.2) is 5.78 Å². The lowest BCUT2D eigenvalue weighted by molar-refractivity contribution is -0.134. The van der Waals surface area contributed by atoms with E-state index in [0.717, 1.165) is 16.7 Å². The molecule has 6 heteroatoms. The van der Waals surface area contributed by atoms with Crippen LogP contribution in [-0.2, 0) is 9.63 Å². The van der Waals surface area contributed by atoms with E-state index in [4.69, 9.17) is 4.84 Å². The number of rotatable bonds is 4. The molecule has 0 saturated carbocycles. The maximum atomic E-state index is 12.0. The second-order valence-corrected chi connectivity index (χ2v) is 5.78. The van der Waals surface area contributed by atoms with E-state index in [-0.39, 0.29) is 5.78 Å². The van der Waals surface area contributed by atoms with Gasteiger partial charge in [0.2, 0.25) is 0 Å². The Morgan fingerprint density at radius 2 is 2.09 bits per heavy atom. The standard InChI is InChI=1S/C17H17N3O2S/c1-12-15(9-14(21)10-16(12)23)17(13-5-3-2-4-6-13)22-20-11-18-7-8-19-20/h2-6,8,10-11,17,23H,7,9H2,1H3. The van der Waals surface area contributed by atoms with Gasteiger partial charge >= 0.3 is 0 Å². The Hall–Kier alpha value is -2.18. The highest BCUT2D eigenvalue weighted by atomic mass is 32.1. The summed E-state index contributed by atoms with van der Waals surface area (Å²) in [6.07, 6.45) is 4.65. The van der Waals surface area contributed by atoms with Crippen LogP contribution in [0.25, 0.3) is 0 Å². The van der Waals surface area contributed by atoms with Crippen LogP contribution < -0.4 is 0 Å². The maximum absolute atomic E-state index is 12.0. The molecule has 1 aromatic carbocycles.